The standard InChI is InChI=1S/C17H23NO5S/c1-2-11-24(22,23)15-6-4-3-5-14(15)17(21)18-9-7-13(8-10-18)12-16(19)20/h3-6,13H,2,7-12H2,1H3,(H,19,20). The van der Waals surface area contributed by atoms with Gasteiger partial charge in [-0.15, -0.1) is 0 Å². The number of carbonyl (C=O) groups is 2. The molecule has 0 atom stereocenters. The molecule has 7 heteroatoms. The third kappa shape index (κ3) is 4.35. The summed E-state index contributed by atoms with van der Waals surface area (Å²) in [6.45, 7) is 2.70. The van der Waals surface area contributed by atoms with Crippen LogP contribution in [0.25, 0.3) is 0 Å². The summed E-state index contributed by atoms with van der Waals surface area (Å²) in [5.41, 5.74) is 0.211. The van der Waals surface area contributed by atoms with E-state index in [-0.39, 0.29) is 34.5 Å². The van der Waals surface area contributed by atoms with E-state index in [4.69, 9.17) is 5.11 Å². The lowest BCUT2D eigenvalue weighted by Gasteiger charge is -2.31. The second-order valence-electron chi connectivity index (χ2n) is 6.15. The van der Waals surface area contributed by atoms with Gasteiger partial charge in [-0.3, -0.25) is 9.59 Å². The fraction of sp³-hybridized carbons (Fsp3) is 0.529. The second-order valence-corrected chi connectivity index (χ2v) is 8.23. The van der Waals surface area contributed by atoms with Crippen LogP contribution in [0.4, 0.5) is 0 Å². The van der Waals surface area contributed by atoms with Crippen molar-refractivity contribution in [1.82, 2.24) is 4.90 Å². The molecule has 1 N–H and O–H groups in total. The van der Waals surface area contributed by atoms with E-state index in [1.165, 1.54) is 6.07 Å². The van der Waals surface area contributed by atoms with Gasteiger partial charge in [0.1, 0.15) is 0 Å². The highest BCUT2D eigenvalue weighted by Crippen LogP contribution is 2.24. The van der Waals surface area contributed by atoms with Gasteiger partial charge in [-0.1, -0.05) is 19.1 Å². The molecule has 24 heavy (non-hydrogen) atoms. The highest BCUT2D eigenvalue weighted by molar-refractivity contribution is 7.91. The molecule has 1 aliphatic rings. The van der Waals surface area contributed by atoms with Gasteiger partial charge in [0, 0.05) is 19.5 Å². The zero-order chi connectivity index (χ0) is 17.7. The SMILES string of the molecule is CCCS(=O)(=O)c1ccccc1C(=O)N1CCC(CC(=O)O)CC1. The van der Waals surface area contributed by atoms with Crippen LogP contribution in [-0.2, 0) is 14.6 Å². The van der Waals surface area contributed by atoms with Crippen molar-refractivity contribution >= 4 is 21.7 Å². The molecule has 6 nitrogen and oxygen atoms in total. The Morgan fingerprint density at radius 3 is 2.42 bits per heavy atom. The topological polar surface area (TPSA) is 91.8 Å². The van der Waals surface area contributed by atoms with Crippen LogP contribution >= 0.6 is 0 Å². The zero-order valence-corrected chi connectivity index (χ0v) is 14.6. The van der Waals surface area contributed by atoms with Gasteiger partial charge in [0.05, 0.1) is 16.2 Å². The molecule has 132 valence electrons. The van der Waals surface area contributed by atoms with E-state index in [1.807, 2.05) is 0 Å². The largest absolute Gasteiger partial charge is 0.481 e. The summed E-state index contributed by atoms with van der Waals surface area (Å²) in [5.74, 6) is -1.03. The Kier molecular flexibility index (Phi) is 5.99. The second kappa shape index (κ2) is 7.79. The minimum atomic E-state index is -3.48. The van der Waals surface area contributed by atoms with Crippen molar-refractivity contribution in [2.75, 3.05) is 18.8 Å². The zero-order valence-electron chi connectivity index (χ0n) is 13.8. The predicted octanol–water partition coefficient (Wildman–Crippen LogP) is 2.20. The quantitative estimate of drug-likeness (QED) is 0.846. The van der Waals surface area contributed by atoms with Gasteiger partial charge in [-0.2, -0.15) is 0 Å². The molecule has 1 heterocycles. The first kappa shape index (κ1) is 18.4. The number of aliphatic carboxylic acids is 1. The number of nitrogens with zero attached hydrogens (tertiary/aromatic N) is 1. The van der Waals surface area contributed by atoms with E-state index < -0.39 is 15.8 Å². The molecule has 1 aliphatic heterocycles. The predicted molar refractivity (Wildman–Crippen MR) is 89.7 cm³/mol. The van der Waals surface area contributed by atoms with E-state index in [1.54, 1.807) is 30.0 Å². The van der Waals surface area contributed by atoms with Gasteiger partial charge >= 0.3 is 5.97 Å². The van der Waals surface area contributed by atoms with Crippen LogP contribution in [0.1, 0.15) is 43.0 Å². The van der Waals surface area contributed by atoms with Crippen LogP contribution in [0.3, 0.4) is 0 Å². The van der Waals surface area contributed by atoms with Crippen LogP contribution in [0.15, 0.2) is 29.2 Å². The highest BCUT2D eigenvalue weighted by atomic mass is 32.2. The fourth-order valence-corrected chi connectivity index (χ4v) is 4.58. The van der Waals surface area contributed by atoms with Gasteiger partial charge in [-0.25, -0.2) is 8.42 Å². The molecule has 1 amide bonds. The van der Waals surface area contributed by atoms with Gasteiger partial charge in [-0.05, 0) is 37.3 Å². The van der Waals surface area contributed by atoms with Crippen molar-refractivity contribution in [3.63, 3.8) is 0 Å². The maximum absolute atomic E-state index is 12.7. The highest BCUT2D eigenvalue weighted by Gasteiger charge is 2.28. The molecule has 1 saturated heterocycles. The number of amides is 1. The Balaban J connectivity index is 2.16. The molecule has 2 rings (SSSR count). The molecule has 1 fully saturated rings. The Morgan fingerprint density at radius 2 is 1.83 bits per heavy atom. The number of carboxylic acids is 1. The maximum Gasteiger partial charge on any atom is 0.303 e. The Bertz CT molecular complexity index is 705. The van der Waals surface area contributed by atoms with Gasteiger partial charge in [0.25, 0.3) is 5.91 Å². The molecular weight excluding hydrogens is 330 g/mol. The van der Waals surface area contributed by atoms with Crippen LogP contribution in [-0.4, -0.2) is 49.1 Å². The average Bonchev–Trinajstić information content (AvgIpc) is 2.54. The van der Waals surface area contributed by atoms with Crippen molar-refractivity contribution in [3.05, 3.63) is 29.8 Å². The lowest BCUT2D eigenvalue weighted by Crippen LogP contribution is -2.39. The van der Waals surface area contributed by atoms with Crippen molar-refractivity contribution in [1.29, 1.82) is 0 Å². The average molecular weight is 353 g/mol. The third-order valence-electron chi connectivity index (χ3n) is 4.29. The minimum Gasteiger partial charge on any atom is -0.481 e. The molecule has 1 aromatic carbocycles. The lowest BCUT2D eigenvalue weighted by atomic mass is 9.93. The number of benzene rings is 1. The first-order valence-electron chi connectivity index (χ1n) is 8.18. The van der Waals surface area contributed by atoms with Crippen LogP contribution in [0, 0.1) is 5.92 Å². The van der Waals surface area contributed by atoms with Crippen molar-refractivity contribution in [3.8, 4) is 0 Å². The number of hydrogen-bond acceptors (Lipinski definition) is 4. The Morgan fingerprint density at radius 1 is 1.21 bits per heavy atom. The molecule has 0 saturated carbocycles. The number of piperidine rings is 1. The summed E-state index contributed by atoms with van der Waals surface area (Å²) in [6.07, 6.45) is 1.86. The molecule has 0 bridgehead atoms. The molecule has 0 aliphatic carbocycles. The van der Waals surface area contributed by atoms with Crippen molar-refractivity contribution in [2.24, 2.45) is 5.92 Å². The number of carboxylic acid groups (broad SMARTS) is 1. The van der Waals surface area contributed by atoms with E-state index in [2.05, 4.69) is 0 Å². The van der Waals surface area contributed by atoms with Crippen LogP contribution in [0.2, 0.25) is 0 Å². The Labute approximate surface area is 142 Å². The summed E-state index contributed by atoms with van der Waals surface area (Å²) in [4.78, 5) is 25.2. The molecule has 0 unspecified atom stereocenters. The molecule has 0 radical (unpaired) electrons. The summed E-state index contributed by atoms with van der Waals surface area (Å²) in [6, 6.07) is 6.32. The van der Waals surface area contributed by atoms with E-state index in [0.29, 0.717) is 32.4 Å². The normalized spacial score (nSPS) is 16.1. The summed E-state index contributed by atoms with van der Waals surface area (Å²) >= 11 is 0. The maximum atomic E-state index is 12.7. The van der Waals surface area contributed by atoms with Gasteiger partial charge < -0.3 is 10.0 Å². The summed E-state index contributed by atoms with van der Waals surface area (Å²) in [5, 5.41) is 8.85. The fourth-order valence-electron chi connectivity index (χ4n) is 3.05. The molecular formula is C17H23NO5S. The van der Waals surface area contributed by atoms with Crippen LogP contribution in [0.5, 0.6) is 0 Å². The van der Waals surface area contributed by atoms with E-state index >= 15 is 0 Å². The lowest BCUT2D eigenvalue weighted by molar-refractivity contribution is -0.138. The van der Waals surface area contributed by atoms with Crippen molar-refractivity contribution < 1.29 is 23.1 Å². The summed E-state index contributed by atoms with van der Waals surface area (Å²) in [7, 11) is -3.48. The monoisotopic (exact) mass is 353 g/mol. The first-order valence-corrected chi connectivity index (χ1v) is 9.83. The summed E-state index contributed by atoms with van der Waals surface area (Å²) < 4.78 is 24.8. The van der Waals surface area contributed by atoms with Gasteiger partial charge in [0.15, 0.2) is 9.84 Å². The van der Waals surface area contributed by atoms with Crippen molar-refractivity contribution in [2.45, 2.75) is 37.5 Å². The molecule has 1 aromatic rings. The first-order chi connectivity index (χ1) is 11.3. The van der Waals surface area contributed by atoms with Crippen LogP contribution < -0.4 is 0 Å². The minimum absolute atomic E-state index is 0.0119. The number of hydrogen-bond donors (Lipinski definition) is 1. The Hall–Kier alpha value is -1.89. The number of rotatable bonds is 6. The van der Waals surface area contributed by atoms with Gasteiger partial charge in [0.2, 0.25) is 0 Å². The molecule has 0 aromatic heterocycles. The van der Waals surface area contributed by atoms with E-state index in [9.17, 15) is 18.0 Å². The number of sulfone groups is 1. The van der Waals surface area contributed by atoms with E-state index in [0.717, 1.165) is 0 Å². The molecule has 0 spiro atoms. The smallest absolute Gasteiger partial charge is 0.303 e. The number of likely N-dealkylation sites (tertiary alicyclic amines) is 1. The third-order valence-corrected chi connectivity index (χ3v) is 6.26. The number of carbonyl (C=O) groups excluding carboxylic acids is 1.